The van der Waals surface area contributed by atoms with Crippen LogP contribution in [0, 0.1) is 26.7 Å². The number of nitrogens with zero attached hydrogens (tertiary/aromatic N) is 1. The van der Waals surface area contributed by atoms with Gasteiger partial charge in [-0.3, -0.25) is 4.79 Å². The van der Waals surface area contributed by atoms with Gasteiger partial charge in [-0.15, -0.1) is 0 Å². The van der Waals surface area contributed by atoms with Gasteiger partial charge >= 0.3 is 0 Å². The molecular weight excluding hydrogens is 432 g/mol. The average molecular weight is 463 g/mol. The Hall–Kier alpha value is -1.89. The van der Waals surface area contributed by atoms with Crippen molar-refractivity contribution in [2.24, 2.45) is 5.92 Å². The molecular formula is C24H31ClN2O3S. The van der Waals surface area contributed by atoms with Crippen LogP contribution in [0.5, 0.6) is 0 Å². The van der Waals surface area contributed by atoms with E-state index in [4.69, 9.17) is 11.6 Å². The number of aryl methyl sites for hydroxylation is 3. The summed E-state index contributed by atoms with van der Waals surface area (Å²) < 4.78 is 27.3. The fraction of sp³-hybridized carbons (Fsp3) is 0.458. The Balaban J connectivity index is 1.67. The minimum absolute atomic E-state index is 0.0900. The first-order valence-corrected chi connectivity index (χ1v) is 12.7. The van der Waals surface area contributed by atoms with Crippen LogP contribution in [0.4, 0.5) is 0 Å². The average Bonchev–Trinajstić information content (AvgIpc) is 2.70. The third-order valence-electron chi connectivity index (χ3n) is 6.09. The number of benzene rings is 2. The molecule has 2 aromatic carbocycles. The fourth-order valence-electron chi connectivity index (χ4n) is 4.20. The molecule has 1 aliphatic heterocycles. The summed E-state index contributed by atoms with van der Waals surface area (Å²) in [6.07, 6.45) is 1.36. The largest absolute Gasteiger partial charge is 0.349 e. The second kappa shape index (κ2) is 9.72. The van der Waals surface area contributed by atoms with E-state index in [0.29, 0.717) is 30.0 Å². The fourth-order valence-corrected chi connectivity index (χ4v) is 6.01. The van der Waals surface area contributed by atoms with Crippen LogP contribution in [-0.4, -0.2) is 31.7 Å². The molecule has 1 heterocycles. The van der Waals surface area contributed by atoms with Gasteiger partial charge in [0.2, 0.25) is 15.9 Å². The van der Waals surface area contributed by atoms with Gasteiger partial charge in [-0.1, -0.05) is 35.9 Å². The van der Waals surface area contributed by atoms with Gasteiger partial charge < -0.3 is 5.32 Å². The molecule has 31 heavy (non-hydrogen) atoms. The number of hydrogen-bond donors (Lipinski definition) is 1. The maximum atomic E-state index is 13.0. The van der Waals surface area contributed by atoms with E-state index in [9.17, 15) is 13.2 Å². The molecule has 1 amide bonds. The highest BCUT2D eigenvalue weighted by molar-refractivity contribution is 7.88. The quantitative estimate of drug-likeness (QED) is 0.677. The second-order valence-corrected chi connectivity index (χ2v) is 11.0. The first kappa shape index (κ1) is 23.8. The predicted molar refractivity (Wildman–Crippen MR) is 126 cm³/mol. The van der Waals surface area contributed by atoms with Crippen LogP contribution in [0.3, 0.4) is 0 Å². The third-order valence-corrected chi connectivity index (χ3v) is 8.15. The minimum Gasteiger partial charge on any atom is -0.349 e. The first-order chi connectivity index (χ1) is 14.6. The molecule has 0 unspecified atom stereocenters. The van der Waals surface area contributed by atoms with Gasteiger partial charge in [-0.2, -0.15) is 0 Å². The van der Waals surface area contributed by atoms with Crippen molar-refractivity contribution in [3.63, 3.8) is 0 Å². The molecule has 0 saturated carbocycles. The molecule has 2 aromatic rings. The molecule has 168 valence electrons. The van der Waals surface area contributed by atoms with Crippen molar-refractivity contribution >= 4 is 27.5 Å². The SMILES string of the molecule is Cc1cc(C)c([C@H](C)NC(=O)[C@H]2CCCN(S(=O)(=O)Cc3cccc(Cl)c3)C2)cc1C. The Labute approximate surface area is 190 Å². The summed E-state index contributed by atoms with van der Waals surface area (Å²) in [6, 6.07) is 11.0. The normalized spacial score (nSPS) is 18.5. The highest BCUT2D eigenvalue weighted by Crippen LogP contribution is 2.25. The van der Waals surface area contributed by atoms with E-state index >= 15 is 0 Å². The molecule has 1 N–H and O–H groups in total. The Morgan fingerprint density at radius 1 is 1.16 bits per heavy atom. The van der Waals surface area contributed by atoms with Crippen molar-refractivity contribution in [3.8, 4) is 0 Å². The predicted octanol–water partition coefficient (Wildman–Crippen LogP) is 4.68. The Morgan fingerprint density at radius 2 is 1.87 bits per heavy atom. The lowest BCUT2D eigenvalue weighted by atomic mass is 9.95. The zero-order chi connectivity index (χ0) is 22.8. The molecule has 1 aliphatic rings. The number of sulfonamides is 1. The summed E-state index contributed by atoms with van der Waals surface area (Å²) in [5.74, 6) is -0.551. The maximum absolute atomic E-state index is 13.0. The van der Waals surface area contributed by atoms with Crippen LogP contribution >= 0.6 is 11.6 Å². The lowest BCUT2D eigenvalue weighted by Crippen LogP contribution is -2.46. The Kier molecular flexibility index (Phi) is 7.45. The second-order valence-electron chi connectivity index (χ2n) is 8.61. The zero-order valence-corrected chi connectivity index (χ0v) is 20.2. The van der Waals surface area contributed by atoms with Crippen LogP contribution in [0.1, 0.15) is 53.6 Å². The summed E-state index contributed by atoms with van der Waals surface area (Å²) in [5.41, 5.74) is 5.31. The smallest absolute Gasteiger partial charge is 0.224 e. The summed E-state index contributed by atoms with van der Waals surface area (Å²) in [7, 11) is -3.52. The van der Waals surface area contributed by atoms with E-state index in [1.165, 1.54) is 15.4 Å². The van der Waals surface area contributed by atoms with E-state index < -0.39 is 10.0 Å². The van der Waals surface area contributed by atoms with Crippen LogP contribution in [0.15, 0.2) is 36.4 Å². The molecule has 0 radical (unpaired) electrons. The van der Waals surface area contributed by atoms with Crippen molar-refractivity contribution in [2.75, 3.05) is 13.1 Å². The number of carbonyl (C=O) groups excluding carboxylic acids is 1. The summed E-state index contributed by atoms with van der Waals surface area (Å²) >= 11 is 5.99. The Bertz CT molecular complexity index is 1070. The number of hydrogen-bond acceptors (Lipinski definition) is 3. The lowest BCUT2D eigenvalue weighted by Gasteiger charge is -2.32. The molecule has 5 nitrogen and oxygen atoms in total. The van der Waals surface area contributed by atoms with Crippen LogP contribution in [0.2, 0.25) is 5.02 Å². The molecule has 7 heteroatoms. The van der Waals surface area contributed by atoms with Gasteiger partial charge in [0.25, 0.3) is 0 Å². The first-order valence-electron chi connectivity index (χ1n) is 10.7. The van der Waals surface area contributed by atoms with E-state index in [1.807, 2.05) is 6.92 Å². The maximum Gasteiger partial charge on any atom is 0.224 e. The lowest BCUT2D eigenvalue weighted by molar-refractivity contribution is -0.126. The van der Waals surface area contributed by atoms with Crippen molar-refractivity contribution in [2.45, 2.75) is 52.3 Å². The van der Waals surface area contributed by atoms with Gasteiger partial charge in [0, 0.05) is 18.1 Å². The number of halogens is 1. The standard InChI is InChI=1S/C24H31ClN2O3S/c1-16-11-18(3)23(12-17(16)2)19(4)26-24(28)21-8-6-10-27(14-21)31(29,30)15-20-7-5-9-22(25)13-20/h5,7,9,11-13,19,21H,6,8,10,14-15H2,1-4H3,(H,26,28)/t19-,21-/m0/s1. The van der Waals surface area contributed by atoms with Crippen LogP contribution < -0.4 is 5.32 Å². The molecule has 0 aliphatic carbocycles. The van der Waals surface area contributed by atoms with Crippen molar-refractivity contribution in [3.05, 3.63) is 69.2 Å². The number of amides is 1. The molecule has 0 aromatic heterocycles. The van der Waals surface area contributed by atoms with E-state index in [-0.39, 0.29) is 30.2 Å². The van der Waals surface area contributed by atoms with Crippen molar-refractivity contribution < 1.29 is 13.2 Å². The monoisotopic (exact) mass is 462 g/mol. The zero-order valence-electron chi connectivity index (χ0n) is 18.6. The Morgan fingerprint density at radius 3 is 2.58 bits per heavy atom. The van der Waals surface area contributed by atoms with Crippen molar-refractivity contribution in [1.82, 2.24) is 9.62 Å². The van der Waals surface area contributed by atoms with Crippen molar-refractivity contribution in [1.29, 1.82) is 0 Å². The number of carbonyl (C=O) groups is 1. The van der Waals surface area contributed by atoms with E-state index in [1.54, 1.807) is 24.3 Å². The topological polar surface area (TPSA) is 66.5 Å². The van der Waals surface area contributed by atoms with Gasteiger partial charge in [-0.25, -0.2) is 12.7 Å². The van der Waals surface area contributed by atoms with Gasteiger partial charge in [0.05, 0.1) is 17.7 Å². The number of nitrogens with one attached hydrogen (secondary N) is 1. The van der Waals surface area contributed by atoms with Gasteiger partial charge in [0.1, 0.15) is 0 Å². The molecule has 0 bridgehead atoms. The minimum atomic E-state index is -3.52. The number of piperidine rings is 1. The molecule has 2 atom stereocenters. The van der Waals surface area contributed by atoms with Gasteiger partial charge in [-0.05, 0) is 80.5 Å². The molecule has 0 spiro atoms. The van der Waals surface area contributed by atoms with Crippen LogP contribution in [-0.2, 0) is 20.6 Å². The molecule has 1 fully saturated rings. The molecule has 1 saturated heterocycles. The summed E-state index contributed by atoms with van der Waals surface area (Å²) in [6.45, 7) is 8.83. The van der Waals surface area contributed by atoms with E-state index in [0.717, 1.165) is 11.1 Å². The van der Waals surface area contributed by atoms with Crippen LogP contribution in [0.25, 0.3) is 0 Å². The van der Waals surface area contributed by atoms with Gasteiger partial charge in [0.15, 0.2) is 0 Å². The number of rotatable bonds is 6. The highest BCUT2D eigenvalue weighted by atomic mass is 35.5. The highest BCUT2D eigenvalue weighted by Gasteiger charge is 2.33. The van der Waals surface area contributed by atoms with E-state index in [2.05, 4.69) is 38.2 Å². The molecule has 3 rings (SSSR count). The summed E-state index contributed by atoms with van der Waals surface area (Å²) in [5, 5.41) is 3.62. The third kappa shape index (κ3) is 5.88. The summed E-state index contributed by atoms with van der Waals surface area (Å²) in [4.78, 5) is 13.0.